The Bertz CT molecular complexity index is 578. The van der Waals surface area contributed by atoms with E-state index in [1.807, 2.05) is 0 Å². The van der Waals surface area contributed by atoms with Crippen LogP contribution in [0, 0.1) is 0 Å². The molecule has 0 aromatic heterocycles. The molecule has 0 amide bonds. The molecule has 0 saturated heterocycles. The molecular weight excluding hydrogens is 524 g/mol. The summed E-state index contributed by atoms with van der Waals surface area (Å²) in [6.07, 6.45) is 52.6. The zero-order valence-corrected chi connectivity index (χ0v) is 29.7. The number of hydrogen-bond donors (Lipinski definition) is 0. The van der Waals surface area contributed by atoms with Gasteiger partial charge in [-0.25, -0.2) is 0 Å². The molecule has 2 nitrogen and oxygen atoms in total. The fourth-order valence-electron chi connectivity index (χ4n) is 5.87. The van der Waals surface area contributed by atoms with Crippen LogP contribution in [0.4, 0.5) is 0 Å². The van der Waals surface area contributed by atoms with E-state index in [-0.39, 0.29) is 5.97 Å². The van der Waals surface area contributed by atoms with Crippen LogP contribution in [0.3, 0.4) is 0 Å². The minimum atomic E-state index is 0.0128. The fourth-order valence-corrected chi connectivity index (χ4v) is 5.87. The second kappa shape index (κ2) is 39.0. The maximum absolute atomic E-state index is 11.9. The molecule has 2 heteroatoms. The van der Waals surface area contributed by atoms with Crippen molar-refractivity contribution in [2.45, 2.75) is 226 Å². The lowest BCUT2D eigenvalue weighted by Gasteiger charge is -2.06. The van der Waals surface area contributed by atoms with Crippen molar-refractivity contribution in [2.75, 3.05) is 6.61 Å². The summed E-state index contributed by atoms with van der Waals surface area (Å²) in [5.74, 6) is 0.0128. The average molecular weight is 603 g/mol. The predicted octanol–water partition coefficient (Wildman–Crippen LogP) is 14.6. The molecule has 0 aliphatic carbocycles. The predicted molar refractivity (Wildman–Crippen MR) is 193 cm³/mol. The van der Waals surface area contributed by atoms with Crippen LogP contribution in [-0.2, 0) is 9.53 Å². The van der Waals surface area contributed by atoms with E-state index in [1.165, 1.54) is 180 Å². The quantitative estimate of drug-likeness (QED) is 0.0405. The number of allylic oxidation sites excluding steroid dienone is 4. The molecule has 0 unspecified atom stereocenters. The van der Waals surface area contributed by atoms with Crippen LogP contribution in [0.2, 0.25) is 0 Å². The molecule has 0 radical (unpaired) electrons. The van der Waals surface area contributed by atoms with Crippen molar-refractivity contribution in [1.82, 2.24) is 0 Å². The highest BCUT2D eigenvalue weighted by Crippen LogP contribution is 2.15. The smallest absolute Gasteiger partial charge is 0.305 e. The third-order valence-corrected chi connectivity index (χ3v) is 8.84. The molecule has 43 heavy (non-hydrogen) atoms. The molecule has 0 aromatic rings. The summed E-state index contributed by atoms with van der Waals surface area (Å²) in [5, 5.41) is 0. The Morgan fingerprint density at radius 1 is 0.395 bits per heavy atom. The first-order valence-corrected chi connectivity index (χ1v) is 19.8. The molecule has 0 aromatic carbocycles. The van der Waals surface area contributed by atoms with Gasteiger partial charge in [0.05, 0.1) is 6.61 Å². The number of unbranched alkanes of at least 4 members (excludes halogenated alkanes) is 28. The van der Waals surface area contributed by atoms with Crippen molar-refractivity contribution >= 4 is 5.97 Å². The van der Waals surface area contributed by atoms with Gasteiger partial charge in [-0.1, -0.05) is 199 Å². The van der Waals surface area contributed by atoms with E-state index in [0.717, 1.165) is 25.7 Å². The van der Waals surface area contributed by atoms with Crippen molar-refractivity contribution in [2.24, 2.45) is 0 Å². The van der Waals surface area contributed by atoms with Crippen molar-refractivity contribution < 1.29 is 9.53 Å². The van der Waals surface area contributed by atoms with Crippen molar-refractivity contribution in [3.8, 4) is 0 Å². The normalized spacial score (nSPS) is 11.8. The Morgan fingerprint density at radius 2 is 0.721 bits per heavy atom. The lowest BCUT2D eigenvalue weighted by atomic mass is 10.0. The Morgan fingerprint density at radius 3 is 1.16 bits per heavy atom. The molecule has 0 bridgehead atoms. The van der Waals surface area contributed by atoms with Crippen molar-refractivity contribution in [3.63, 3.8) is 0 Å². The van der Waals surface area contributed by atoms with E-state index < -0.39 is 0 Å². The van der Waals surface area contributed by atoms with Gasteiger partial charge in [-0.3, -0.25) is 4.79 Å². The van der Waals surface area contributed by atoms with Gasteiger partial charge < -0.3 is 4.74 Å². The van der Waals surface area contributed by atoms with Gasteiger partial charge in [0.25, 0.3) is 0 Å². The van der Waals surface area contributed by atoms with E-state index in [1.54, 1.807) is 0 Å². The van der Waals surface area contributed by atoms with E-state index in [9.17, 15) is 4.79 Å². The van der Waals surface area contributed by atoms with E-state index >= 15 is 0 Å². The number of carbonyl (C=O) groups is 1. The number of carbonyl (C=O) groups excluding carboxylic acids is 1. The van der Waals surface area contributed by atoms with Crippen molar-refractivity contribution in [1.29, 1.82) is 0 Å². The van der Waals surface area contributed by atoms with E-state index in [0.29, 0.717) is 13.0 Å². The summed E-state index contributed by atoms with van der Waals surface area (Å²) in [7, 11) is 0. The molecule has 0 aliphatic rings. The first kappa shape index (κ1) is 42.0. The molecule has 0 heterocycles. The highest BCUT2D eigenvalue weighted by molar-refractivity contribution is 5.69. The Labute approximate surface area is 271 Å². The molecule has 0 spiro atoms. The summed E-state index contributed by atoms with van der Waals surface area (Å²) in [6, 6.07) is 0. The minimum absolute atomic E-state index is 0.0128. The van der Waals surface area contributed by atoms with E-state index in [2.05, 4.69) is 38.2 Å². The molecule has 0 aliphatic heterocycles. The van der Waals surface area contributed by atoms with Crippen molar-refractivity contribution in [3.05, 3.63) is 24.3 Å². The summed E-state index contributed by atoms with van der Waals surface area (Å²) in [6.45, 7) is 5.18. The molecule has 254 valence electrons. The first-order valence-electron chi connectivity index (χ1n) is 19.8. The Hall–Kier alpha value is -1.05. The second-order valence-corrected chi connectivity index (χ2v) is 13.3. The molecule has 0 N–H and O–H groups in total. The van der Waals surface area contributed by atoms with Crippen LogP contribution in [-0.4, -0.2) is 12.6 Å². The highest BCUT2D eigenvalue weighted by atomic mass is 16.5. The third kappa shape index (κ3) is 38.9. The number of ether oxygens (including phenoxy) is 1. The van der Waals surface area contributed by atoms with Crippen LogP contribution < -0.4 is 0 Å². The summed E-state index contributed by atoms with van der Waals surface area (Å²) in [5.41, 5.74) is 0. The summed E-state index contributed by atoms with van der Waals surface area (Å²) < 4.78 is 5.45. The summed E-state index contributed by atoms with van der Waals surface area (Å²) in [4.78, 5) is 11.9. The number of hydrogen-bond acceptors (Lipinski definition) is 2. The lowest BCUT2D eigenvalue weighted by Crippen LogP contribution is -2.05. The molecule has 0 saturated carbocycles. The highest BCUT2D eigenvalue weighted by Gasteiger charge is 2.02. The largest absolute Gasteiger partial charge is 0.466 e. The van der Waals surface area contributed by atoms with Crippen LogP contribution >= 0.6 is 0 Å². The molecule has 0 fully saturated rings. The SMILES string of the molecule is CCCCCC=CCC=CCCCCCCCC(=O)OCCCCCCCCCCCCCCCCCCCCCCC. The van der Waals surface area contributed by atoms with Gasteiger partial charge in [0.15, 0.2) is 0 Å². The van der Waals surface area contributed by atoms with Gasteiger partial charge in [-0.2, -0.15) is 0 Å². The summed E-state index contributed by atoms with van der Waals surface area (Å²) >= 11 is 0. The number of esters is 1. The molecule has 0 atom stereocenters. The topological polar surface area (TPSA) is 26.3 Å². The standard InChI is InChI=1S/C41H78O2/c1-3-5-7-9-11-13-15-17-19-20-21-22-23-24-26-28-30-32-34-36-38-40-43-41(42)39-37-35-33-31-29-27-25-18-16-14-12-10-8-6-4-2/h12,14,18,25H,3-11,13,15-17,19-24,26-40H2,1-2H3. The maximum atomic E-state index is 11.9. The van der Waals surface area contributed by atoms with Crippen LogP contribution in [0.15, 0.2) is 24.3 Å². The maximum Gasteiger partial charge on any atom is 0.305 e. The molecular formula is C41H78O2. The van der Waals surface area contributed by atoms with Gasteiger partial charge >= 0.3 is 5.97 Å². The fraction of sp³-hybridized carbons (Fsp3) is 0.878. The van der Waals surface area contributed by atoms with Gasteiger partial charge in [0, 0.05) is 6.42 Å². The number of rotatable bonds is 36. The molecule has 0 rings (SSSR count). The average Bonchev–Trinajstić information content (AvgIpc) is 3.01. The van der Waals surface area contributed by atoms with Gasteiger partial charge in [-0.15, -0.1) is 0 Å². The zero-order valence-electron chi connectivity index (χ0n) is 29.7. The second-order valence-electron chi connectivity index (χ2n) is 13.3. The third-order valence-electron chi connectivity index (χ3n) is 8.84. The lowest BCUT2D eigenvalue weighted by molar-refractivity contribution is -0.143. The van der Waals surface area contributed by atoms with Gasteiger partial charge in [0.2, 0.25) is 0 Å². The van der Waals surface area contributed by atoms with Crippen LogP contribution in [0.1, 0.15) is 226 Å². The zero-order chi connectivity index (χ0) is 31.2. The van der Waals surface area contributed by atoms with Gasteiger partial charge in [0.1, 0.15) is 0 Å². The first-order chi connectivity index (χ1) is 21.3. The van der Waals surface area contributed by atoms with Gasteiger partial charge in [-0.05, 0) is 44.9 Å². The Balaban J connectivity index is 3.19. The minimum Gasteiger partial charge on any atom is -0.466 e. The van der Waals surface area contributed by atoms with Crippen LogP contribution in [0.25, 0.3) is 0 Å². The monoisotopic (exact) mass is 603 g/mol. The van der Waals surface area contributed by atoms with E-state index in [4.69, 9.17) is 4.74 Å². The Kier molecular flexibility index (Phi) is 38.0. The van der Waals surface area contributed by atoms with Crippen LogP contribution in [0.5, 0.6) is 0 Å².